The fraction of sp³-hybridized carbons (Fsp3) is 0.500. The third-order valence-electron chi connectivity index (χ3n) is 4.93. The number of benzene rings is 1. The normalized spacial score (nSPS) is 20.7. The van der Waals surface area contributed by atoms with Crippen LogP contribution in [0.5, 0.6) is 5.75 Å². The maximum atomic E-state index is 12.6. The Morgan fingerprint density at radius 3 is 2.80 bits per heavy atom. The molecule has 25 heavy (non-hydrogen) atoms. The minimum atomic E-state index is -0.0122. The van der Waals surface area contributed by atoms with E-state index in [0.717, 1.165) is 30.6 Å². The molecule has 2 aliphatic rings. The van der Waals surface area contributed by atoms with E-state index in [1.165, 1.54) is 0 Å². The molecule has 2 aromatic rings. The first-order valence-corrected chi connectivity index (χ1v) is 8.78. The standard InChI is InChI=1S/C18H22N4O3/c1-12-19-17(25-21-12)13-6-9-22(10-7-13)18(23)20-15-8-11-24-16-5-3-2-4-14(15)16/h2-5,13,15H,6-11H2,1H3,(H,20,23)/t15-/m1/s1. The molecule has 0 unspecified atom stereocenters. The van der Waals surface area contributed by atoms with E-state index < -0.39 is 0 Å². The van der Waals surface area contributed by atoms with Gasteiger partial charge in [-0.25, -0.2) is 4.79 Å². The number of ether oxygens (including phenoxy) is 1. The predicted octanol–water partition coefficient (Wildman–Crippen LogP) is 2.79. The van der Waals surface area contributed by atoms with Gasteiger partial charge in [-0.2, -0.15) is 4.98 Å². The number of likely N-dealkylation sites (tertiary alicyclic amines) is 1. The Hall–Kier alpha value is -2.57. The van der Waals surface area contributed by atoms with Crippen LogP contribution in [-0.2, 0) is 0 Å². The number of para-hydroxylation sites is 1. The van der Waals surface area contributed by atoms with E-state index in [9.17, 15) is 4.79 Å². The molecule has 0 bridgehead atoms. The zero-order valence-corrected chi connectivity index (χ0v) is 14.3. The minimum Gasteiger partial charge on any atom is -0.493 e. The van der Waals surface area contributed by atoms with Crippen molar-refractivity contribution >= 4 is 6.03 Å². The van der Waals surface area contributed by atoms with Crippen LogP contribution in [0.25, 0.3) is 0 Å². The fourth-order valence-corrected chi connectivity index (χ4v) is 3.54. The van der Waals surface area contributed by atoms with Crippen LogP contribution in [0.4, 0.5) is 4.79 Å². The highest BCUT2D eigenvalue weighted by Gasteiger charge is 2.29. The molecule has 1 fully saturated rings. The number of piperidine rings is 1. The van der Waals surface area contributed by atoms with Crippen molar-refractivity contribution in [1.29, 1.82) is 0 Å². The summed E-state index contributed by atoms with van der Waals surface area (Å²) in [5.74, 6) is 2.46. The first-order valence-electron chi connectivity index (χ1n) is 8.78. The molecule has 7 heteroatoms. The Morgan fingerprint density at radius 2 is 2.04 bits per heavy atom. The molecule has 0 radical (unpaired) electrons. The van der Waals surface area contributed by atoms with Crippen molar-refractivity contribution in [3.8, 4) is 5.75 Å². The van der Waals surface area contributed by atoms with E-state index in [4.69, 9.17) is 9.26 Å². The summed E-state index contributed by atoms with van der Waals surface area (Å²) in [5, 5.41) is 7.01. The molecule has 3 heterocycles. The summed E-state index contributed by atoms with van der Waals surface area (Å²) in [6.45, 7) is 3.84. The molecule has 0 aliphatic carbocycles. The second-order valence-electron chi connectivity index (χ2n) is 6.62. The fourth-order valence-electron chi connectivity index (χ4n) is 3.54. The van der Waals surface area contributed by atoms with Gasteiger partial charge < -0.3 is 19.5 Å². The van der Waals surface area contributed by atoms with Crippen molar-refractivity contribution in [3.05, 3.63) is 41.5 Å². The maximum Gasteiger partial charge on any atom is 0.317 e. The van der Waals surface area contributed by atoms with Gasteiger partial charge in [0, 0.05) is 31.0 Å². The molecule has 132 valence electrons. The van der Waals surface area contributed by atoms with Crippen LogP contribution in [0.2, 0.25) is 0 Å². The van der Waals surface area contributed by atoms with Gasteiger partial charge >= 0.3 is 6.03 Å². The molecule has 7 nitrogen and oxygen atoms in total. The van der Waals surface area contributed by atoms with Crippen molar-refractivity contribution in [3.63, 3.8) is 0 Å². The van der Waals surface area contributed by atoms with Gasteiger partial charge in [-0.1, -0.05) is 23.4 Å². The lowest BCUT2D eigenvalue weighted by Crippen LogP contribution is -2.46. The van der Waals surface area contributed by atoms with E-state index in [0.29, 0.717) is 31.4 Å². The van der Waals surface area contributed by atoms with Gasteiger partial charge in [0.2, 0.25) is 5.89 Å². The first kappa shape index (κ1) is 15.9. The Morgan fingerprint density at radius 1 is 1.24 bits per heavy atom. The number of carbonyl (C=O) groups excluding carboxylic acids is 1. The van der Waals surface area contributed by atoms with E-state index in [-0.39, 0.29) is 18.0 Å². The van der Waals surface area contributed by atoms with Crippen molar-refractivity contribution in [2.75, 3.05) is 19.7 Å². The van der Waals surface area contributed by atoms with Gasteiger partial charge in [0.05, 0.1) is 12.6 Å². The van der Waals surface area contributed by atoms with Crippen LogP contribution in [-0.4, -0.2) is 40.8 Å². The van der Waals surface area contributed by atoms with E-state index in [1.807, 2.05) is 36.1 Å². The number of rotatable bonds is 2. The second-order valence-corrected chi connectivity index (χ2v) is 6.62. The summed E-state index contributed by atoms with van der Waals surface area (Å²) in [6, 6.07) is 7.89. The zero-order chi connectivity index (χ0) is 17.2. The van der Waals surface area contributed by atoms with Gasteiger partial charge in [0.25, 0.3) is 0 Å². The summed E-state index contributed by atoms with van der Waals surface area (Å²) in [5.41, 5.74) is 1.05. The van der Waals surface area contributed by atoms with E-state index in [1.54, 1.807) is 0 Å². The average molecular weight is 342 g/mol. The van der Waals surface area contributed by atoms with Crippen LogP contribution in [0.1, 0.15) is 48.5 Å². The third-order valence-corrected chi connectivity index (χ3v) is 4.93. The van der Waals surface area contributed by atoms with Crippen LogP contribution in [0.3, 0.4) is 0 Å². The Kier molecular flexibility index (Phi) is 4.29. The number of aromatic nitrogens is 2. The lowest BCUT2D eigenvalue weighted by molar-refractivity contribution is 0.167. The minimum absolute atomic E-state index is 0.00811. The number of hydrogen-bond donors (Lipinski definition) is 1. The lowest BCUT2D eigenvalue weighted by atomic mass is 9.97. The molecule has 0 spiro atoms. The van der Waals surface area contributed by atoms with Crippen molar-refractivity contribution in [2.24, 2.45) is 0 Å². The summed E-state index contributed by atoms with van der Waals surface area (Å²) in [7, 11) is 0. The molecule has 0 saturated carbocycles. The Bertz CT molecular complexity index is 752. The summed E-state index contributed by atoms with van der Waals surface area (Å²) in [4.78, 5) is 18.8. The van der Waals surface area contributed by atoms with E-state index >= 15 is 0 Å². The molecule has 1 saturated heterocycles. The number of carbonyl (C=O) groups is 1. The molecule has 4 rings (SSSR count). The largest absolute Gasteiger partial charge is 0.493 e. The van der Waals surface area contributed by atoms with Gasteiger partial charge in [-0.15, -0.1) is 0 Å². The van der Waals surface area contributed by atoms with Gasteiger partial charge in [-0.05, 0) is 25.8 Å². The van der Waals surface area contributed by atoms with Gasteiger partial charge in [0.1, 0.15) is 5.75 Å². The number of amides is 2. The monoisotopic (exact) mass is 342 g/mol. The maximum absolute atomic E-state index is 12.6. The molecule has 1 N–H and O–H groups in total. The second kappa shape index (κ2) is 6.74. The number of hydrogen-bond acceptors (Lipinski definition) is 5. The van der Waals surface area contributed by atoms with Crippen LogP contribution in [0, 0.1) is 6.92 Å². The van der Waals surface area contributed by atoms with Crippen LogP contribution >= 0.6 is 0 Å². The van der Waals surface area contributed by atoms with Crippen molar-refractivity contribution in [1.82, 2.24) is 20.4 Å². The van der Waals surface area contributed by atoms with Gasteiger partial charge in [-0.3, -0.25) is 0 Å². The smallest absolute Gasteiger partial charge is 0.317 e. The predicted molar refractivity (Wildman–Crippen MR) is 90.4 cm³/mol. The highest BCUT2D eigenvalue weighted by Crippen LogP contribution is 2.32. The van der Waals surface area contributed by atoms with E-state index in [2.05, 4.69) is 15.5 Å². The average Bonchev–Trinajstić information content (AvgIpc) is 3.08. The number of urea groups is 1. The molecule has 2 aliphatic heterocycles. The lowest BCUT2D eigenvalue weighted by Gasteiger charge is -2.33. The number of nitrogens with zero attached hydrogens (tertiary/aromatic N) is 3. The SMILES string of the molecule is Cc1noc(C2CCN(C(=O)N[C@@H]3CCOc4ccccc43)CC2)n1. The van der Waals surface area contributed by atoms with Crippen LogP contribution in [0.15, 0.2) is 28.8 Å². The molecule has 1 aromatic carbocycles. The van der Waals surface area contributed by atoms with Gasteiger partial charge in [0.15, 0.2) is 5.82 Å². The zero-order valence-electron chi connectivity index (χ0n) is 14.3. The molecule has 1 aromatic heterocycles. The van der Waals surface area contributed by atoms with Crippen LogP contribution < -0.4 is 10.1 Å². The molecule has 1 atom stereocenters. The molecule has 2 amide bonds. The number of nitrogens with one attached hydrogen (secondary N) is 1. The molecular weight excluding hydrogens is 320 g/mol. The van der Waals surface area contributed by atoms with Crippen molar-refractivity contribution < 1.29 is 14.1 Å². The summed E-state index contributed by atoms with van der Waals surface area (Å²) < 4.78 is 10.9. The van der Waals surface area contributed by atoms with Crippen molar-refractivity contribution in [2.45, 2.75) is 38.1 Å². The highest BCUT2D eigenvalue weighted by molar-refractivity contribution is 5.75. The topological polar surface area (TPSA) is 80.5 Å². The Labute approximate surface area is 146 Å². The summed E-state index contributed by atoms with van der Waals surface area (Å²) in [6.07, 6.45) is 2.49. The summed E-state index contributed by atoms with van der Waals surface area (Å²) >= 11 is 0. The highest BCUT2D eigenvalue weighted by atomic mass is 16.5. The first-order chi connectivity index (χ1) is 12.2. The molecular formula is C18H22N4O3. The quantitative estimate of drug-likeness (QED) is 0.908. The number of fused-ring (bicyclic) bond motifs is 1. The number of aryl methyl sites for hydroxylation is 1. The third kappa shape index (κ3) is 3.31. The Balaban J connectivity index is 1.35.